The molecule has 184 valence electrons. The first-order valence-corrected chi connectivity index (χ1v) is 13.2. The molecule has 36 heavy (non-hydrogen) atoms. The molecule has 1 N–H and O–H groups in total. The van der Waals surface area contributed by atoms with Crippen LogP contribution in [-0.2, 0) is 16.1 Å². The van der Waals surface area contributed by atoms with Gasteiger partial charge in [0.05, 0.1) is 38.5 Å². The molecule has 2 amide bonds. The fourth-order valence-corrected chi connectivity index (χ4v) is 5.70. The molecule has 0 aliphatic carbocycles. The van der Waals surface area contributed by atoms with Crippen LogP contribution in [-0.4, -0.2) is 49.5 Å². The van der Waals surface area contributed by atoms with E-state index in [0.717, 1.165) is 37.6 Å². The molecule has 3 aromatic carbocycles. The molecule has 1 fully saturated rings. The number of imide groups is 1. The standard InChI is InChI=1S/C29H29N3O3S/c1-2-35-24-15-13-23(14-16-24)32-28(33)26(27(29(32)34)36-25-11-7-4-8-12-25)31-19-17-30(18-20-31)21-22-9-5-3-6-10-22/h3-16H,2,17-21H2,1H3/p+1. The summed E-state index contributed by atoms with van der Waals surface area (Å²) >= 11 is 1.37. The van der Waals surface area contributed by atoms with Gasteiger partial charge in [-0.3, -0.25) is 9.59 Å². The number of nitrogens with one attached hydrogen (secondary N) is 1. The number of thioether (sulfide) groups is 1. The first-order chi connectivity index (χ1) is 17.6. The molecule has 0 atom stereocenters. The maximum Gasteiger partial charge on any atom is 0.283 e. The van der Waals surface area contributed by atoms with Gasteiger partial charge >= 0.3 is 0 Å². The summed E-state index contributed by atoms with van der Waals surface area (Å²) in [6.45, 7) is 6.72. The topological polar surface area (TPSA) is 54.3 Å². The molecular formula is C29H30N3O3S+. The summed E-state index contributed by atoms with van der Waals surface area (Å²) in [5, 5.41) is 0. The van der Waals surface area contributed by atoms with E-state index in [1.54, 1.807) is 24.3 Å². The monoisotopic (exact) mass is 500 g/mol. The van der Waals surface area contributed by atoms with Crippen molar-refractivity contribution in [3.63, 3.8) is 0 Å². The van der Waals surface area contributed by atoms with Gasteiger partial charge in [0.1, 0.15) is 22.9 Å². The average Bonchev–Trinajstić information content (AvgIpc) is 3.15. The van der Waals surface area contributed by atoms with Crippen LogP contribution in [0, 0.1) is 0 Å². The van der Waals surface area contributed by atoms with Gasteiger partial charge in [-0.2, -0.15) is 0 Å². The van der Waals surface area contributed by atoms with Gasteiger partial charge in [-0.25, -0.2) is 4.90 Å². The first kappa shape index (κ1) is 24.2. The van der Waals surface area contributed by atoms with Crippen LogP contribution in [0.3, 0.4) is 0 Å². The number of benzene rings is 3. The van der Waals surface area contributed by atoms with Gasteiger partial charge < -0.3 is 14.5 Å². The summed E-state index contributed by atoms with van der Waals surface area (Å²) in [7, 11) is 0. The molecule has 0 bridgehead atoms. The molecule has 6 nitrogen and oxygen atoms in total. The third kappa shape index (κ3) is 5.17. The summed E-state index contributed by atoms with van der Waals surface area (Å²) in [4.78, 5) is 33.7. The van der Waals surface area contributed by atoms with Crippen molar-refractivity contribution < 1.29 is 19.2 Å². The molecule has 0 unspecified atom stereocenters. The van der Waals surface area contributed by atoms with Crippen LogP contribution in [0.1, 0.15) is 12.5 Å². The summed E-state index contributed by atoms with van der Waals surface area (Å²) in [5.74, 6) is 0.186. The number of nitrogens with zero attached hydrogens (tertiary/aromatic N) is 2. The SMILES string of the molecule is CCOc1ccc(N2C(=O)C(Sc3ccccc3)=C(N3CC[NH+](Cc4ccccc4)CC3)C2=O)cc1. The first-order valence-electron chi connectivity index (χ1n) is 12.4. The van der Waals surface area contributed by atoms with Crippen molar-refractivity contribution in [2.45, 2.75) is 18.4 Å². The van der Waals surface area contributed by atoms with Gasteiger partial charge in [0.25, 0.3) is 11.8 Å². The molecule has 0 radical (unpaired) electrons. The molecule has 7 heteroatoms. The van der Waals surface area contributed by atoms with Crippen molar-refractivity contribution in [3.8, 4) is 5.75 Å². The van der Waals surface area contributed by atoms with Crippen molar-refractivity contribution in [1.82, 2.24) is 4.90 Å². The van der Waals surface area contributed by atoms with Crippen LogP contribution < -0.4 is 14.5 Å². The fourth-order valence-electron chi connectivity index (χ4n) is 4.68. The molecule has 0 aromatic heterocycles. The van der Waals surface area contributed by atoms with E-state index in [1.165, 1.54) is 27.1 Å². The number of carbonyl (C=O) groups is 2. The number of carbonyl (C=O) groups excluding carboxylic acids is 2. The smallest absolute Gasteiger partial charge is 0.283 e. The Morgan fingerprint density at radius 1 is 0.833 bits per heavy atom. The zero-order valence-electron chi connectivity index (χ0n) is 20.4. The Kier molecular flexibility index (Phi) is 7.39. The second-order valence-corrected chi connectivity index (χ2v) is 9.95. The van der Waals surface area contributed by atoms with Crippen LogP contribution in [0.2, 0.25) is 0 Å². The Bertz CT molecular complexity index is 1240. The third-order valence-corrected chi connectivity index (χ3v) is 7.55. The summed E-state index contributed by atoms with van der Waals surface area (Å²) < 4.78 is 5.53. The fraction of sp³-hybridized carbons (Fsp3) is 0.241. The summed E-state index contributed by atoms with van der Waals surface area (Å²) in [6, 6.07) is 27.4. The second-order valence-electron chi connectivity index (χ2n) is 8.86. The minimum atomic E-state index is -0.271. The number of hydrogen-bond acceptors (Lipinski definition) is 5. The molecule has 1 saturated heterocycles. The lowest BCUT2D eigenvalue weighted by Gasteiger charge is -2.34. The van der Waals surface area contributed by atoms with Crippen LogP contribution >= 0.6 is 11.8 Å². The van der Waals surface area contributed by atoms with Crippen molar-refractivity contribution in [3.05, 3.63) is 101 Å². The van der Waals surface area contributed by atoms with E-state index in [1.807, 2.05) is 43.3 Å². The van der Waals surface area contributed by atoms with E-state index in [0.29, 0.717) is 28.6 Å². The summed E-state index contributed by atoms with van der Waals surface area (Å²) in [6.07, 6.45) is 0. The zero-order chi connectivity index (χ0) is 24.9. The van der Waals surface area contributed by atoms with Crippen molar-refractivity contribution in [2.24, 2.45) is 0 Å². The van der Waals surface area contributed by atoms with Crippen molar-refractivity contribution in [2.75, 3.05) is 37.7 Å². The zero-order valence-corrected chi connectivity index (χ0v) is 21.2. The van der Waals surface area contributed by atoms with Gasteiger partial charge in [0, 0.05) is 10.5 Å². The highest BCUT2D eigenvalue weighted by Gasteiger charge is 2.43. The van der Waals surface area contributed by atoms with E-state index in [9.17, 15) is 9.59 Å². The van der Waals surface area contributed by atoms with Gasteiger partial charge in [-0.05, 0) is 43.3 Å². The van der Waals surface area contributed by atoms with E-state index in [4.69, 9.17) is 4.74 Å². The molecule has 2 aliphatic rings. The van der Waals surface area contributed by atoms with Crippen LogP contribution in [0.15, 0.2) is 100 Å². The summed E-state index contributed by atoms with van der Waals surface area (Å²) in [5.41, 5.74) is 2.39. The van der Waals surface area contributed by atoms with Crippen LogP contribution in [0.25, 0.3) is 0 Å². The lowest BCUT2D eigenvalue weighted by molar-refractivity contribution is -0.917. The van der Waals surface area contributed by atoms with Crippen LogP contribution in [0.4, 0.5) is 5.69 Å². The quantitative estimate of drug-likeness (QED) is 0.481. The number of piperazine rings is 1. The highest BCUT2D eigenvalue weighted by atomic mass is 32.2. The number of rotatable bonds is 8. The normalized spacial score (nSPS) is 16.7. The molecular weight excluding hydrogens is 470 g/mol. The predicted molar refractivity (Wildman–Crippen MR) is 142 cm³/mol. The second kappa shape index (κ2) is 11.0. The Morgan fingerprint density at radius 3 is 2.11 bits per heavy atom. The number of ether oxygens (including phenoxy) is 1. The minimum Gasteiger partial charge on any atom is -0.494 e. The largest absolute Gasteiger partial charge is 0.494 e. The van der Waals surface area contributed by atoms with Crippen molar-refractivity contribution >= 4 is 29.3 Å². The third-order valence-electron chi connectivity index (χ3n) is 6.47. The number of amides is 2. The Hall–Kier alpha value is -3.55. The molecule has 0 spiro atoms. The number of anilines is 1. The van der Waals surface area contributed by atoms with Gasteiger partial charge in [0.15, 0.2) is 0 Å². The lowest BCUT2D eigenvalue weighted by atomic mass is 10.2. The van der Waals surface area contributed by atoms with E-state index in [2.05, 4.69) is 29.2 Å². The molecule has 3 aromatic rings. The van der Waals surface area contributed by atoms with Gasteiger partial charge in [0.2, 0.25) is 0 Å². The van der Waals surface area contributed by atoms with Gasteiger partial charge in [-0.1, -0.05) is 60.3 Å². The maximum absolute atomic E-state index is 13.8. The van der Waals surface area contributed by atoms with E-state index in [-0.39, 0.29) is 11.8 Å². The Labute approximate surface area is 216 Å². The van der Waals surface area contributed by atoms with Crippen LogP contribution in [0.5, 0.6) is 5.75 Å². The van der Waals surface area contributed by atoms with Gasteiger partial charge in [-0.15, -0.1) is 0 Å². The van der Waals surface area contributed by atoms with E-state index >= 15 is 0 Å². The van der Waals surface area contributed by atoms with Crippen molar-refractivity contribution in [1.29, 1.82) is 0 Å². The average molecular weight is 501 g/mol. The van der Waals surface area contributed by atoms with E-state index < -0.39 is 0 Å². The predicted octanol–water partition coefficient (Wildman–Crippen LogP) is 3.36. The maximum atomic E-state index is 13.8. The Balaban J connectivity index is 1.39. The molecule has 5 rings (SSSR count). The lowest BCUT2D eigenvalue weighted by Crippen LogP contribution is -3.13. The highest BCUT2D eigenvalue weighted by molar-refractivity contribution is 8.04. The number of quaternary nitrogens is 1. The molecule has 0 saturated carbocycles. The molecule has 2 heterocycles. The minimum absolute atomic E-state index is 0.255. The number of hydrogen-bond donors (Lipinski definition) is 1. The Morgan fingerprint density at radius 2 is 1.47 bits per heavy atom. The highest BCUT2D eigenvalue weighted by Crippen LogP contribution is 2.39. The molecule has 2 aliphatic heterocycles.